The number of carbonyl (C=O) groups excluding carboxylic acids is 4. The summed E-state index contributed by atoms with van der Waals surface area (Å²) >= 11 is 0. The number of primary amides is 1. The molecular weight excluding hydrogens is 460 g/mol. The Morgan fingerprint density at radius 1 is 1.17 bits per heavy atom. The molecule has 4 N–H and O–H groups in total. The SMILES string of the molecule is CCCCCNC(=O)C(c1cccc(C)c1)N(C(=O)C(CC(N)=O)NC(=O)OC(C)(C)C)C1CCC1. The summed E-state index contributed by atoms with van der Waals surface area (Å²) < 4.78 is 5.31. The molecule has 1 saturated carbocycles. The van der Waals surface area contributed by atoms with Gasteiger partial charge in [-0.15, -0.1) is 0 Å². The largest absolute Gasteiger partial charge is 0.444 e. The lowest BCUT2D eigenvalue weighted by Crippen LogP contribution is -2.58. The van der Waals surface area contributed by atoms with Gasteiger partial charge in [-0.05, 0) is 58.9 Å². The van der Waals surface area contributed by atoms with Crippen LogP contribution in [-0.2, 0) is 19.1 Å². The van der Waals surface area contributed by atoms with Crippen LogP contribution in [0.4, 0.5) is 4.79 Å². The van der Waals surface area contributed by atoms with Crippen LogP contribution in [0.25, 0.3) is 0 Å². The summed E-state index contributed by atoms with van der Waals surface area (Å²) in [5.41, 5.74) is 6.28. The van der Waals surface area contributed by atoms with E-state index in [0.29, 0.717) is 12.1 Å². The fourth-order valence-corrected chi connectivity index (χ4v) is 4.18. The van der Waals surface area contributed by atoms with Gasteiger partial charge < -0.3 is 26.0 Å². The van der Waals surface area contributed by atoms with Crippen molar-refractivity contribution in [1.29, 1.82) is 0 Å². The van der Waals surface area contributed by atoms with E-state index in [9.17, 15) is 19.2 Å². The molecule has 0 aliphatic heterocycles. The van der Waals surface area contributed by atoms with Crippen LogP contribution in [-0.4, -0.2) is 52.9 Å². The average molecular weight is 503 g/mol. The maximum absolute atomic E-state index is 14.0. The number of amides is 4. The molecule has 1 aromatic carbocycles. The van der Waals surface area contributed by atoms with Gasteiger partial charge in [-0.1, -0.05) is 49.6 Å². The second-order valence-corrected chi connectivity index (χ2v) is 10.5. The number of hydrogen-bond donors (Lipinski definition) is 3. The number of ether oxygens (including phenoxy) is 1. The maximum atomic E-state index is 14.0. The minimum absolute atomic E-state index is 0.194. The van der Waals surface area contributed by atoms with Gasteiger partial charge in [-0.3, -0.25) is 14.4 Å². The minimum atomic E-state index is -1.25. The van der Waals surface area contributed by atoms with Crippen molar-refractivity contribution in [2.24, 2.45) is 5.73 Å². The number of alkyl carbamates (subject to hydrolysis) is 1. The van der Waals surface area contributed by atoms with Gasteiger partial charge >= 0.3 is 6.09 Å². The quantitative estimate of drug-likeness (QED) is 0.377. The summed E-state index contributed by atoms with van der Waals surface area (Å²) in [7, 11) is 0. The van der Waals surface area contributed by atoms with Crippen molar-refractivity contribution in [3.63, 3.8) is 0 Å². The van der Waals surface area contributed by atoms with E-state index in [4.69, 9.17) is 10.5 Å². The predicted molar refractivity (Wildman–Crippen MR) is 138 cm³/mol. The molecule has 0 radical (unpaired) electrons. The smallest absolute Gasteiger partial charge is 0.408 e. The Labute approximate surface area is 214 Å². The van der Waals surface area contributed by atoms with E-state index >= 15 is 0 Å². The first-order valence-electron chi connectivity index (χ1n) is 12.9. The number of hydrogen-bond acceptors (Lipinski definition) is 5. The van der Waals surface area contributed by atoms with Gasteiger partial charge in [0.25, 0.3) is 0 Å². The average Bonchev–Trinajstić information content (AvgIpc) is 2.72. The Morgan fingerprint density at radius 3 is 2.39 bits per heavy atom. The Kier molecular flexibility index (Phi) is 10.7. The second kappa shape index (κ2) is 13.3. The molecule has 9 heteroatoms. The topological polar surface area (TPSA) is 131 Å². The van der Waals surface area contributed by atoms with Crippen molar-refractivity contribution < 1.29 is 23.9 Å². The number of nitrogens with zero attached hydrogens (tertiary/aromatic N) is 1. The van der Waals surface area contributed by atoms with E-state index in [2.05, 4.69) is 17.6 Å². The first kappa shape index (κ1) is 29.1. The van der Waals surface area contributed by atoms with Gasteiger partial charge in [0.15, 0.2) is 0 Å². The van der Waals surface area contributed by atoms with Crippen LogP contribution < -0.4 is 16.4 Å². The lowest BCUT2D eigenvalue weighted by molar-refractivity contribution is -0.148. The molecule has 0 spiro atoms. The zero-order valence-corrected chi connectivity index (χ0v) is 22.3. The molecule has 2 atom stereocenters. The van der Waals surface area contributed by atoms with Gasteiger partial charge in [0.2, 0.25) is 17.7 Å². The summed E-state index contributed by atoms with van der Waals surface area (Å²) in [6, 6.07) is 5.14. The van der Waals surface area contributed by atoms with Crippen molar-refractivity contribution in [2.45, 2.75) is 103 Å². The van der Waals surface area contributed by atoms with Crippen LogP contribution in [0.2, 0.25) is 0 Å². The van der Waals surface area contributed by atoms with Crippen molar-refractivity contribution >= 4 is 23.8 Å². The number of rotatable bonds is 12. The number of aryl methyl sites for hydroxylation is 1. The van der Waals surface area contributed by atoms with Crippen LogP contribution in [0.3, 0.4) is 0 Å². The Bertz CT molecular complexity index is 923. The number of unbranched alkanes of at least 4 members (excludes halogenated alkanes) is 2. The standard InChI is InChI=1S/C27H42N4O5/c1-6-7-8-15-29-24(33)23(19-12-9-11-18(2)16-19)31(20-13-10-14-20)25(34)21(17-22(28)32)30-26(35)36-27(3,4)5/h9,11-12,16,20-21,23H,6-8,10,13-15,17H2,1-5H3,(H2,28,32)(H,29,33)(H,30,35). The van der Waals surface area contributed by atoms with E-state index in [0.717, 1.165) is 44.1 Å². The monoisotopic (exact) mass is 502 g/mol. The fraction of sp³-hybridized carbons (Fsp3) is 0.630. The highest BCUT2D eigenvalue weighted by molar-refractivity contribution is 5.94. The molecule has 2 rings (SSSR count). The van der Waals surface area contributed by atoms with Crippen molar-refractivity contribution in [1.82, 2.24) is 15.5 Å². The zero-order valence-electron chi connectivity index (χ0n) is 22.3. The molecule has 0 bridgehead atoms. The number of carbonyl (C=O) groups is 4. The summed E-state index contributed by atoms with van der Waals surface area (Å²) in [4.78, 5) is 53.4. The molecule has 1 aliphatic rings. The third-order valence-electron chi connectivity index (χ3n) is 6.08. The lowest BCUT2D eigenvalue weighted by Gasteiger charge is -2.43. The first-order valence-corrected chi connectivity index (χ1v) is 12.9. The molecule has 0 aromatic heterocycles. The van der Waals surface area contributed by atoms with E-state index < -0.39 is 42.0 Å². The normalized spacial score (nSPS) is 15.2. The van der Waals surface area contributed by atoms with Crippen LogP contribution in [0.5, 0.6) is 0 Å². The van der Waals surface area contributed by atoms with Crippen LogP contribution >= 0.6 is 0 Å². The maximum Gasteiger partial charge on any atom is 0.408 e. The third-order valence-corrected chi connectivity index (χ3v) is 6.08. The summed E-state index contributed by atoms with van der Waals surface area (Å²) in [5, 5.41) is 5.51. The number of nitrogens with one attached hydrogen (secondary N) is 2. The van der Waals surface area contributed by atoms with Crippen molar-refractivity contribution in [3.8, 4) is 0 Å². The summed E-state index contributed by atoms with van der Waals surface area (Å²) in [6.07, 6.45) is 4.00. The molecular formula is C27H42N4O5. The minimum Gasteiger partial charge on any atom is -0.444 e. The molecule has 0 saturated heterocycles. The molecule has 1 fully saturated rings. The van der Waals surface area contributed by atoms with E-state index in [-0.39, 0.29) is 11.9 Å². The Hall–Kier alpha value is -3.10. The van der Waals surface area contributed by atoms with Crippen LogP contribution in [0, 0.1) is 6.92 Å². The van der Waals surface area contributed by atoms with E-state index in [1.807, 2.05) is 31.2 Å². The molecule has 1 aliphatic carbocycles. The number of benzene rings is 1. The predicted octanol–water partition coefficient (Wildman–Crippen LogP) is 3.49. The summed E-state index contributed by atoms with van der Waals surface area (Å²) in [5.74, 6) is -1.55. The van der Waals surface area contributed by atoms with Gasteiger partial charge in [-0.2, -0.15) is 0 Å². The number of nitrogens with two attached hydrogens (primary N) is 1. The highest BCUT2D eigenvalue weighted by Gasteiger charge is 2.42. The molecule has 2 unspecified atom stereocenters. The Morgan fingerprint density at radius 2 is 1.86 bits per heavy atom. The van der Waals surface area contributed by atoms with Gasteiger partial charge in [0, 0.05) is 12.6 Å². The van der Waals surface area contributed by atoms with Crippen LogP contribution in [0.1, 0.15) is 89.8 Å². The third kappa shape index (κ3) is 8.84. The van der Waals surface area contributed by atoms with Gasteiger partial charge in [0.1, 0.15) is 17.7 Å². The summed E-state index contributed by atoms with van der Waals surface area (Å²) in [6.45, 7) is 9.63. The van der Waals surface area contributed by atoms with E-state index in [1.165, 1.54) is 0 Å². The van der Waals surface area contributed by atoms with E-state index in [1.54, 1.807) is 25.7 Å². The lowest BCUT2D eigenvalue weighted by atomic mass is 9.87. The highest BCUT2D eigenvalue weighted by Crippen LogP contribution is 2.34. The van der Waals surface area contributed by atoms with Crippen molar-refractivity contribution in [3.05, 3.63) is 35.4 Å². The molecule has 1 aromatic rings. The molecule has 9 nitrogen and oxygen atoms in total. The molecule has 0 heterocycles. The van der Waals surface area contributed by atoms with Gasteiger partial charge in [-0.25, -0.2) is 4.79 Å². The van der Waals surface area contributed by atoms with Gasteiger partial charge in [0.05, 0.1) is 6.42 Å². The molecule has 200 valence electrons. The molecule has 36 heavy (non-hydrogen) atoms. The second-order valence-electron chi connectivity index (χ2n) is 10.5. The van der Waals surface area contributed by atoms with Crippen molar-refractivity contribution in [2.75, 3.05) is 6.54 Å². The first-order chi connectivity index (χ1) is 16.9. The Balaban J connectivity index is 2.43. The zero-order chi connectivity index (χ0) is 26.9. The van der Waals surface area contributed by atoms with Crippen LogP contribution in [0.15, 0.2) is 24.3 Å². The fourth-order valence-electron chi connectivity index (χ4n) is 4.18. The molecule has 4 amide bonds. The highest BCUT2D eigenvalue weighted by atomic mass is 16.6.